The Balaban J connectivity index is 3.66. The van der Waals surface area contributed by atoms with E-state index in [1.165, 1.54) is 0 Å². The summed E-state index contributed by atoms with van der Waals surface area (Å²) in [6.07, 6.45) is 3.72. The summed E-state index contributed by atoms with van der Waals surface area (Å²) in [4.78, 5) is 2.12. The minimum absolute atomic E-state index is 0.528. The molecule has 0 aromatic carbocycles. The van der Waals surface area contributed by atoms with Crippen molar-refractivity contribution in [2.45, 2.75) is 19.9 Å². The third-order valence-electron chi connectivity index (χ3n) is 1.24. The van der Waals surface area contributed by atoms with Crippen molar-refractivity contribution in [1.82, 2.24) is 4.90 Å². The van der Waals surface area contributed by atoms with E-state index in [1.54, 1.807) is 0 Å². The summed E-state index contributed by atoms with van der Waals surface area (Å²) in [5.41, 5.74) is 0. The van der Waals surface area contributed by atoms with E-state index in [-0.39, 0.29) is 0 Å². The van der Waals surface area contributed by atoms with E-state index < -0.39 is 0 Å². The molecule has 0 aromatic rings. The zero-order chi connectivity index (χ0) is 7.28. The summed E-state index contributed by atoms with van der Waals surface area (Å²) >= 11 is 0. The van der Waals surface area contributed by atoms with E-state index in [2.05, 4.69) is 31.9 Å². The third-order valence-corrected chi connectivity index (χ3v) is 1.24. The maximum Gasteiger partial charge on any atom is 0.0354 e. The first-order valence-electron chi connectivity index (χ1n) is 3.21. The van der Waals surface area contributed by atoms with Gasteiger partial charge in [0.2, 0.25) is 0 Å². The molecule has 0 aliphatic heterocycles. The maximum absolute atomic E-state index is 3.68. The topological polar surface area (TPSA) is 3.24 Å². The maximum atomic E-state index is 3.68. The molecule has 0 fully saturated rings. The lowest BCUT2D eigenvalue weighted by Gasteiger charge is -2.22. The Morgan fingerprint density at radius 1 is 1.44 bits per heavy atom. The monoisotopic (exact) mass is 125 g/mol. The van der Waals surface area contributed by atoms with Crippen molar-refractivity contribution in [2.75, 3.05) is 6.54 Å². The Kier molecular flexibility index (Phi) is 3.85. The zero-order valence-corrected chi connectivity index (χ0v) is 6.30. The van der Waals surface area contributed by atoms with Gasteiger partial charge in [-0.2, -0.15) is 0 Å². The molecule has 0 amide bonds. The van der Waals surface area contributed by atoms with Crippen LogP contribution in [0.25, 0.3) is 0 Å². The molecule has 0 atom stereocenters. The van der Waals surface area contributed by atoms with Crippen molar-refractivity contribution >= 4 is 0 Å². The Morgan fingerprint density at radius 2 is 2.00 bits per heavy atom. The predicted molar refractivity (Wildman–Crippen MR) is 42.2 cm³/mol. The van der Waals surface area contributed by atoms with Crippen molar-refractivity contribution < 1.29 is 0 Å². The molecule has 0 saturated carbocycles. The van der Waals surface area contributed by atoms with E-state index in [4.69, 9.17) is 0 Å². The quantitative estimate of drug-likeness (QED) is 0.520. The average molecular weight is 125 g/mol. The van der Waals surface area contributed by atoms with Gasteiger partial charge >= 0.3 is 0 Å². The summed E-state index contributed by atoms with van der Waals surface area (Å²) in [5, 5.41) is 0. The molecule has 0 bridgehead atoms. The zero-order valence-electron chi connectivity index (χ0n) is 6.30. The Hall–Kier alpha value is -0.720. The third kappa shape index (κ3) is 2.96. The second-order valence-electron chi connectivity index (χ2n) is 2.26. The van der Waals surface area contributed by atoms with Crippen LogP contribution >= 0.6 is 0 Å². The first kappa shape index (κ1) is 8.28. The van der Waals surface area contributed by atoms with Gasteiger partial charge in [0.1, 0.15) is 0 Å². The van der Waals surface area contributed by atoms with Crippen molar-refractivity contribution in [3.8, 4) is 0 Å². The smallest absolute Gasteiger partial charge is 0.0354 e. The van der Waals surface area contributed by atoms with Gasteiger partial charge in [-0.15, -0.1) is 6.58 Å². The fourth-order valence-corrected chi connectivity index (χ4v) is 0.645. The van der Waals surface area contributed by atoms with Gasteiger partial charge in [-0.3, -0.25) is 0 Å². The molecule has 0 aliphatic carbocycles. The van der Waals surface area contributed by atoms with Crippen LogP contribution in [0.5, 0.6) is 0 Å². The lowest BCUT2D eigenvalue weighted by atomic mass is 10.3. The van der Waals surface area contributed by atoms with Crippen LogP contribution in [0, 0.1) is 0 Å². The molecular weight excluding hydrogens is 110 g/mol. The molecule has 0 saturated heterocycles. The summed E-state index contributed by atoms with van der Waals surface area (Å²) in [7, 11) is 0. The van der Waals surface area contributed by atoms with Crippen LogP contribution in [-0.2, 0) is 0 Å². The van der Waals surface area contributed by atoms with Gasteiger partial charge in [-0.25, -0.2) is 0 Å². The molecular formula is C8H15N. The fraction of sp³-hybridized carbons (Fsp3) is 0.500. The summed E-state index contributed by atoms with van der Waals surface area (Å²) < 4.78 is 0. The van der Waals surface area contributed by atoms with Crippen LogP contribution in [0.2, 0.25) is 0 Å². The van der Waals surface area contributed by atoms with E-state index in [0.29, 0.717) is 6.04 Å². The molecule has 0 rings (SSSR count). The van der Waals surface area contributed by atoms with Crippen LogP contribution in [0.1, 0.15) is 13.8 Å². The van der Waals surface area contributed by atoms with E-state index in [9.17, 15) is 0 Å². The number of hydrogen-bond acceptors (Lipinski definition) is 1. The predicted octanol–water partition coefficient (Wildman–Crippen LogP) is 2.03. The van der Waals surface area contributed by atoms with E-state index >= 15 is 0 Å². The van der Waals surface area contributed by atoms with Gasteiger partial charge in [0, 0.05) is 12.6 Å². The largest absolute Gasteiger partial charge is 0.372 e. The molecule has 0 spiro atoms. The summed E-state index contributed by atoms with van der Waals surface area (Å²) in [6, 6.07) is 0.528. The van der Waals surface area contributed by atoms with Gasteiger partial charge in [0.15, 0.2) is 0 Å². The van der Waals surface area contributed by atoms with Crippen molar-refractivity contribution in [3.05, 3.63) is 25.4 Å². The Morgan fingerprint density at radius 3 is 2.11 bits per heavy atom. The molecule has 1 heteroatoms. The minimum atomic E-state index is 0.528. The van der Waals surface area contributed by atoms with Crippen molar-refractivity contribution in [3.63, 3.8) is 0 Å². The van der Waals surface area contributed by atoms with Crippen LogP contribution in [-0.4, -0.2) is 17.5 Å². The number of nitrogens with zero attached hydrogens (tertiary/aromatic N) is 1. The van der Waals surface area contributed by atoms with E-state index in [1.807, 2.05) is 12.3 Å². The first-order chi connectivity index (χ1) is 4.22. The van der Waals surface area contributed by atoms with Gasteiger partial charge in [0.25, 0.3) is 0 Å². The van der Waals surface area contributed by atoms with Gasteiger partial charge in [-0.05, 0) is 20.0 Å². The minimum Gasteiger partial charge on any atom is -0.372 e. The van der Waals surface area contributed by atoms with Crippen LogP contribution in [0.4, 0.5) is 0 Å². The highest BCUT2D eigenvalue weighted by molar-refractivity contribution is 4.81. The van der Waals surface area contributed by atoms with E-state index in [0.717, 1.165) is 6.54 Å². The highest BCUT2D eigenvalue weighted by Gasteiger charge is 1.98. The highest BCUT2D eigenvalue weighted by atomic mass is 15.1. The molecule has 0 N–H and O–H groups in total. The van der Waals surface area contributed by atoms with Gasteiger partial charge in [-0.1, -0.05) is 12.7 Å². The molecule has 0 aliphatic rings. The lowest BCUT2D eigenvalue weighted by molar-refractivity contribution is 0.343. The van der Waals surface area contributed by atoms with Gasteiger partial charge < -0.3 is 4.90 Å². The molecule has 52 valence electrons. The van der Waals surface area contributed by atoms with Gasteiger partial charge in [0.05, 0.1) is 0 Å². The molecule has 0 radical (unpaired) electrons. The SMILES string of the molecule is C=CCN(C=C)C(C)C. The lowest BCUT2D eigenvalue weighted by Crippen LogP contribution is -2.24. The van der Waals surface area contributed by atoms with Crippen molar-refractivity contribution in [2.24, 2.45) is 0 Å². The first-order valence-corrected chi connectivity index (χ1v) is 3.21. The highest BCUT2D eigenvalue weighted by Crippen LogP contribution is 1.96. The average Bonchev–Trinajstić information content (AvgIpc) is 1.82. The van der Waals surface area contributed by atoms with Crippen LogP contribution < -0.4 is 0 Å². The second-order valence-corrected chi connectivity index (χ2v) is 2.26. The molecule has 0 heterocycles. The number of rotatable bonds is 4. The summed E-state index contributed by atoms with van der Waals surface area (Å²) in [5.74, 6) is 0. The standard InChI is InChI=1S/C8H15N/c1-5-7-9(6-2)8(3)4/h5-6,8H,1-2,7H2,3-4H3. The Bertz CT molecular complexity index is 94.7. The molecule has 9 heavy (non-hydrogen) atoms. The fourth-order valence-electron chi connectivity index (χ4n) is 0.645. The Labute approximate surface area is 57.7 Å². The number of hydrogen-bond donors (Lipinski definition) is 0. The van der Waals surface area contributed by atoms with Crippen LogP contribution in [0.15, 0.2) is 25.4 Å². The van der Waals surface area contributed by atoms with Crippen molar-refractivity contribution in [1.29, 1.82) is 0 Å². The summed E-state index contributed by atoms with van der Waals surface area (Å²) in [6.45, 7) is 12.5. The van der Waals surface area contributed by atoms with Crippen LogP contribution in [0.3, 0.4) is 0 Å². The molecule has 0 aromatic heterocycles. The molecule has 1 nitrogen and oxygen atoms in total. The normalized spacial score (nSPS) is 9.22. The second kappa shape index (κ2) is 4.19. The molecule has 0 unspecified atom stereocenters.